The van der Waals surface area contributed by atoms with E-state index in [0.717, 1.165) is 17.3 Å². The molecule has 3 N–H and O–H groups in total. The number of nitrogens with zero attached hydrogens (tertiary/aromatic N) is 4. The van der Waals surface area contributed by atoms with Crippen molar-refractivity contribution in [1.82, 2.24) is 14.1 Å². The molecule has 2 rings (SSSR count). The van der Waals surface area contributed by atoms with Crippen molar-refractivity contribution >= 4 is 48.0 Å². The van der Waals surface area contributed by atoms with Crippen molar-refractivity contribution in [2.24, 2.45) is 15.7 Å². The summed E-state index contributed by atoms with van der Waals surface area (Å²) in [5, 5.41) is 2.52. The van der Waals surface area contributed by atoms with Gasteiger partial charge in [-0.3, -0.25) is 24.4 Å². The zero-order valence-electron chi connectivity index (χ0n) is 15.0. The van der Waals surface area contributed by atoms with Crippen molar-refractivity contribution in [2.45, 2.75) is 19.4 Å². The first kappa shape index (κ1) is 20.8. The van der Waals surface area contributed by atoms with E-state index in [1.165, 1.54) is 12.4 Å². The Bertz CT molecular complexity index is 936. The summed E-state index contributed by atoms with van der Waals surface area (Å²) in [4.78, 5) is 44.1. The lowest BCUT2D eigenvalue weighted by Gasteiger charge is -2.16. The monoisotopic (exact) mass is 398 g/mol. The number of carbonyl (C=O) groups excluding carboxylic acids is 3. The molecule has 0 fully saturated rings. The van der Waals surface area contributed by atoms with Crippen LogP contribution in [0, 0.1) is 0 Å². The molecule has 9 nitrogen and oxygen atoms in total. The Morgan fingerprint density at radius 2 is 1.93 bits per heavy atom. The Morgan fingerprint density at radius 3 is 2.54 bits per heavy atom. The van der Waals surface area contributed by atoms with E-state index < -0.39 is 23.6 Å². The zero-order chi connectivity index (χ0) is 20.5. The molecule has 0 radical (unpaired) electrons. The van der Waals surface area contributed by atoms with Crippen molar-refractivity contribution in [3.8, 4) is 0 Å². The number of carbonyl (C=O) groups is 3. The number of aromatic nitrogens is 2. The predicted octanol–water partition coefficient (Wildman–Crippen LogP) is 1.02. The minimum absolute atomic E-state index is 0.0409. The Labute approximate surface area is 165 Å². The molecular weight excluding hydrogens is 380 g/mol. The molecule has 0 spiro atoms. The molecule has 1 aromatic carbocycles. The molecule has 0 saturated carbocycles. The molecule has 1 atom stereocenters. The van der Waals surface area contributed by atoms with Crippen LogP contribution < -0.4 is 11.1 Å². The molecule has 1 heterocycles. The maximum Gasteiger partial charge on any atom is 0.287 e. The fourth-order valence-electron chi connectivity index (χ4n) is 2.34. The Balaban J connectivity index is 2.30. The van der Waals surface area contributed by atoms with Gasteiger partial charge in [-0.05, 0) is 19.2 Å². The predicted molar refractivity (Wildman–Crippen MR) is 107 cm³/mol. The van der Waals surface area contributed by atoms with Crippen LogP contribution in [0.5, 0.6) is 0 Å². The van der Waals surface area contributed by atoms with Gasteiger partial charge in [-0.2, -0.15) is 8.75 Å². The third-order valence-corrected chi connectivity index (χ3v) is 4.10. The van der Waals surface area contributed by atoms with Crippen molar-refractivity contribution in [3.05, 3.63) is 53.5 Å². The molecule has 1 aromatic heterocycles. The average Bonchev–Trinajstić information content (AvgIpc) is 3.17. The number of aliphatic imine (C=N–C) groups is 2. The number of nitrogens with two attached hydrogens (primary N) is 1. The summed E-state index contributed by atoms with van der Waals surface area (Å²) in [5.74, 6) is -2.72. The molecule has 0 bridgehead atoms. The topological polar surface area (TPSA) is 140 Å². The van der Waals surface area contributed by atoms with Crippen LogP contribution in [0.15, 0.2) is 46.5 Å². The molecular formula is C18H18N6O3S. The second-order valence-corrected chi connectivity index (χ2v) is 6.02. The van der Waals surface area contributed by atoms with Crippen LogP contribution in [0.25, 0.3) is 5.70 Å². The van der Waals surface area contributed by atoms with Crippen LogP contribution in [0.4, 0.5) is 0 Å². The highest BCUT2D eigenvalue weighted by Crippen LogP contribution is 2.19. The molecule has 0 aliphatic rings. The lowest BCUT2D eigenvalue weighted by Crippen LogP contribution is -2.47. The van der Waals surface area contributed by atoms with Crippen LogP contribution in [0.2, 0.25) is 0 Å². The lowest BCUT2D eigenvalue weighted by molar-refractivity contribution is -0.137. The summed E-state index contributed by atoms with van der Waals surface area (Å²) < 4.78 is 8.05. The SMILES string of the molecule is C=N/C=C(\N=C/C)c1nsnc1C(=O)NC(Cc1ccccc1)C(=O)C(N)=O. The maximum atomic E-state index is 12.7. The zero-order valence-corrected chi connectivity index (χ0v) is 15.8. The molecule has 0 aliphatic carbocycles. The van der Waals surface area contributed by atoms with Gasteiger partial charge in [0, 0.05) is 12.6 Å². The Morgan fingerprint density at radius 1 is 1.25 bits per heavy atom. The molecule has 0 aliphatic heterocycles. The summed E-state index contributed by atoms with van der Waals surface area (Å²) in [7, 11) is 0. The number of amides is 2. The number of ketones is 1. The van der Waals surface area contributed by atoms with E-state index in [2.05, 4.69) is 30.8 Å². The summed E-state index contributed by atoms with van der Waals surface area (Å²) in [6, 6.07) is 7.80. The van der Waals surface area contributed by atoms with E-state index in [1.54, 1.807) is 31.2 Å². The van der Waals surface area contributed by atoms with Crippen molar-refractivity contribution in [1.29, 1.82) is 0 Å². The number of hydrogen-bond donors (Lipinski definition) is 2. The second kappa shape index (κ2) is 9.97. The second-order valence-electron chi connectivity index (χ2n) is 5.49. The van der Waals surface area contributed by atoms with Crippen LogP contribution in [-0.4, -0.2) is 45.3 Å². The number of benzene rings is 1. The van der Waals surface area contributed by atoms with E-state index in [4.69, 9.17) is 5.73 Å². The van der Waals surface area contributed by atoms with Gasteiger partial charge in [0.25, 0.3) is 11.8 Å². The van der Waals surface area contributed by atoms with Gasteiger partial charge in [-0.15, -0.1) is 0 Å². The minimum Gasteiger partial charge on any atom is -0.363 e. The van der Waals surface area contributed by atoms with Crippen molar-refractivity contribution < 1.29 is 14.4 Å². The quantitative estimate of drug-likeness (QED) is 0.479. The summed E-state index contributed by atoms with van der Waals surface area (Å²) in [5.41, 5.74) is 6.33. The van der Waals surface area contributed by atoms with Gasteiger partial charge in [0.1, 0.15) is 17.4 Å². The normalized spacial score (nSPS) is 12.5. The van der Waals surface area contributed by atoms with Crippen LogP contribution in [0.3, 0.4) is 0 Å². The highest BCUT2D eigenvalue weighted by Gasteiger charge is 2.28. The molecule has 10 heteroatoms. The smallest absolute Gasteiger partial charge is 0.287 e. The van der Waals surface area contributed by atoms with E-state index >= 15 is 0 Å². The molecule has 144 valence electrons. The summed E-state index contributed by atoms with van der Waals surface area (Å²) in [6.45, 7) is 5.06. The summed E-state index contributed by atoms with van der Waals surface area (Å²) >= 11 is 0.806. The average molecular weight is 398 g/mol. The Hall–Kier alpha value is -3.53. The van der Waals surface area contributed by atoms with E-state index in [9.17, 15) is 14.4 Å². The van der Waals surface area contributed by atoms with Crippen LogP contribution in [-0.2, 0) is 16.0 Å². The first-order chi connectivity index (χ1) is 13.5. The molecule has 2 amide bonds. The van der Waals surface area contributed by atoms with Crippen LogP contribution in [0.1, 0.15) is 28.7 Å². The third-order valence-electron chi connectivity index (χ3n) is 3.58. The standard InChI is InChI=1S/C18H18N6O3S/c1-3-21-13(10-20-2)14-15(24-28-23-14)18(27)22-12(16(25)17(19)26)9-11-7-5-4-6-8-11/h3-8,10,12H,2,9H2,1H3,(H2,19,26)(H,22,27)/b13-10-,21-3-. The lowest BCUT2D eigenvalue weighted by atomic mass is 10.0. The number of Topliss-reactive ketones (excluding diaryl/α,β-unsaturated/α-hetero) is 1. The Kier molecular flexibility index (Phi) is 7.40. The fraction of sp³-hybridized carbons (Fsp3) is 0.167. The van der Waals surface area contributed by atoms with Crippen molar-refractivity contribution in [3.63, 3.8) is 0 Å². The number of rotatable bonds is 9. The van der Waals surface area contributed by atoms with E-state index in [1.807, 2.05) is 6.07 Å². The molecule has 28 heavy (non-hydrogen) atoms. The van der Waals surface area contributed by atoms with Gasteiger partial charge >= 0.3 is 0 Å². The van der Waals surface area contributed by atoms with Gasteiger partial charge in [-0.25, -0.2) is 0 Å². The molecule has 1 unspecified atom stereocenters. The highest BCUT2D eigenvalue weighted by molar-refractivity contribution is 6.99. The summed E-state index contributed by atoms with van der Waals surface area (Å²) in [6.07, 6.45) is 2.95. The van der Waals surface area contributed by atoms with Crippen LogP contribution >= 0.6 is 11.7 Å². The first-order valence-corrected chi connectivity index (χ1v) is 8.87. The van der Waals surface area contributed by atoms with Gasteiger partial charge in [0.2, 0.25) is 5.78 Å². The van der Waals surface area contributed by atoms with E-state index in [-0.39, 0.29) is 23.5 Å². The number of hydrogen-bond acceptors (Lipinski definition) is 8. The van der Waals surface area contributed by atoms with Gasteiger partial charge in [0.05, 0.1) is 17.9 Å². The van der Waals surface area contributed by atoms with E-state index in [0.29, 0.717) is 0 Å². The minimum atomic E-state index is -1.14. The third kappa shape index (κ3) is 5.24. The number of primary amides is 1. The molecule has 0 saturated heterocycles. The molecule has 2 aromatic rings. The van der Waals surface area contributed by atoms with Gasteiger partial charge in [-0.1, -0.05) is 30.3 Å². The van der Waals surface area contributed by atoms with Gasteiger partial charge in [0.15, 0.2) is 5.69 Å². The highest BCUT2D eigenvalue weighted by atomic mass is 32.1. The maximum absolute atomic E-state index is 12.7. The first-order valence-electron chi connectivity index (χ1n) is 8.14. The van der Waals surface area contributed by atoms with Crippen molar-refractivity contribution in [2.75, 3.05) is 0 Å². The number of nitrogens with one attached hydrogen (secondary N) is 1. The fourth-order valence-corrected chi connectivity index (χ4v) is 2.90. The van der Waals surface area contributed by atoms with Gasteiger partial charge < -0.3 is 11.1 Å². The largest absolute Gasteiger partial charge is 0.363 e.